The first-order chi connectivity index (χ1) is 6.33. The van der Waals surface area contributed by atoms with Crippen molar-refractivity contribution in [1.82, 2.24) is 0 Å². The van der Waals surface area contributed by atoms with E-state index in [1.54, 1.807) is 0 Å². The zero-order valence-electron chi connectivity index (χ0n) is 8.17. The van der Waals surface area contributed by atoms with Gasteiger partial charge in [0, 0.05) is 0 Å². The van der Waals surface area contributed by atoms with Crippen molar-refractivity contribution in [2.75, 3.05) is 0 Å². The lowest BCUT2D eigenvalue weighted by atomic mass is 10.1. The lowest BCUT2D eigenvalue weighted by Gasteiger charge is -1.99. The van der Waals surface area contributed by atoms with Crippen LogP contribution in [0.2, 0.25) is 0 Å². The smallest absolute Gasteiger partial charge is 0.00545 e. The molecule has 0 heteroatoms. The van der Waals surface area contributed by atoms with Crippen LogP contribution in [0, 0.1) is 0 Å². The zero-order valence-corrected chi connectivity index (χ0v) is 8.17. The number of hydrogen-bond acceptors (Lipinski definition) is 0. The summed E-state index contributed by atoms with van der Waals surface area (Å²) in [6.45, 7) is 4.29. The van der Waals surface area contributed by atoms with E-state index in [1.807, 2.05) is 0 Å². The van der Waals surface area contributed by atoms with Gasteiger partial charge in [0.15, 0.2) is 0 Å². The molecule has 0 heterocycles. The summed E-state index contributed by atoms with van der Waals surface area (Å²) in [5.41, 5.74) is 5.78. The standard InChI is InChI=1S/C13H14/c1-3-6-12-10(2)9-11-7-4-5-8-13(11)12/h3-8H,9H2,1-2H3/b6-3-. The third-order valence-electron chi connectivity index (χ3n) is 2.56. The van der Waals surface area contributed by atoms with Crippen molar-refractivity contribution in [3.8, 4) is 0 Å². The van der Waals surface area contributed by atoms with Crippen LogP contribution in [0.5, 0.6) is 0 Å². The molecule has 0 aromatic heterocycles. The summed E-state index contributed by atoms with van der Waals surface area (Å²) >= 11 is 0. The first-order valence-corrected chi connectivity index (χ1v) is 4.73. The molecule has 0 amide bonds. The summed E-state index contributed by atoms with van der Waals surface area (Å²) in [5.74, 6) is 0. The second-order valence-electron chi connectivity index (χ2n) is 3.53. The predicted molar refractivity (Wildman–Crippen MR) is 57.6 cm³/mol. The van der Waals surface area contributed by atoms with Gasteiger partial charge in [0.2, 0.25) is 0 Å². The van der Waals surface area contributed by atoms with E-state index in [4.69, 9.17) is 0 Å². The van der Waals surface area contributed by atoms with Gasteiger partial charge in [0.1, 0.15) is 0 Å². The molecule has 1 aromatic carbocycles. The Morgan fingerprint density at radius 1 is 1.23 bits per heavy atom. The molecule has 2 rings (SSSR count). The Hall–Kier alpha value is -1.30. The Morgan fingerprint density at radius 2 is 2.00 bits per heavy atom. The highest BCUT2D eigenvalue weighted by molar-refractivity contribution is 5.82. The van der Waals surface area contributed by atoms with Crippen molar-refractivity contribution in [3.05, 3.63) is 53.1 Å². The maximum Gasteiger partial charge on any atom is -0.00545 e. The molecule has 0 spiro atoms. The van der Waals surface area contributed by atoms with E-state index in [1.165, 1.54) is 22.3 Å². The molecule has 1 aliphatic rings. The fourth-order valence-electron chi connectivity index (χ4n) is 1.95. The topological polar surface area (TPSA) is 0 Å². The van der Waals surface area contributed by atoms with E-state index in [0.717, 1.165) is 6.42 Å². The number of fused-ring (bicyclic) bond motifs is 1. The number of benzene rings is 1. The van der Waals surface area contributed by atoms with E-state index in [-0.39, 0.29) is 0 Å². The Labute approximate surface area is 79.6 Å². The zero-order chi connectivity index (χ0) is 9.26. The molecule has 0 bridgehead atoms. The van der Waals surface area contributed by atoms with E-state index < -0.39 is 0 Å². The van der Waals surface area contributed by atoms with E-state index in [9.17, 15) is 0 Å². The summed E-state index contributed by atoms with van der Waals surface area (Å²) in [4.78, 5) is 0. The highest BCUT2D eigenvalue weighted by Gasteiger charge is 2.14. The maximum atomic E-state index is 2.22. The summed E-state index contributed by atoms with van der Waals surface area (Å²) in [6, 6.07) is 8.65. The SMILES string of the molecule is C/C=C\C1=C(C)Cc2ccccc21. The van der Waals surface area contributed by atoms with Gasteiger partial charge in [-0.15, -0.1) is 0 Å². The average molecular weight is 170 g/mol. The van der Waals surface area contributed by atoms with E-state index in [2.05, 4.69) is 50.3 Å². The van der Waals surface area contributed by atoms with Crippen LogP contribution < -0.4 is 0 Å². The van der Waals surface area contributed by atoms with Crippen LogP contribution in [0.4, 0.5) is 0 Å². The monoisotopic (exact) mass is 170 g/mol. The van der Waals surface area contributed by atoms with Gasteiger partial charge in [-0.25, -0.2) is 0 Å². The minimum Gasteiger partial charge on any atom is -0.0870 e. The van der Waals surface area contributed by atoms with Crippen molar-refractivity contribution < 1.29 is 0 Å². The Balaban J connectivity index is 2.53. The Kier molecular flexibility index (Phi) is 2.05. The van der Waals surface area contributed by atoms with Gasteiger partial charge in [0.25, 0.3) is 0 Å². The fourth-order valence-corrected chi connectivity index (χ4v) is 1.95. The van der Waals surface area contributed by atoms with Gasteiger partial charge in [-0.1, -0.05) is 42.0 Å². The molecule has 0 atom stereocenters. The van der Waals surface area contributed by atoms with Crippen molar-refractivity contribution in [2.45, 2.75) is 20.3 Å². The molecule has 0 fully saturated rings. The van der Waals surface area contributed by atoms with Crippen molar-refractivity contribution in [1.29, 1.82) is 0 Å². The molecular weight excluding hydrogens is 156 g/mol. The normalized spacial score (nSPS) is 15.5. The quantitative estimate of drug-likeness (QED) is 0.604. The van der Waals surface area contributed by atoms with Crippen LogP contribution in [0.3, 0.4) is 0 Å². The van der Waals surface area contributed by atoms with Gasteiger partial charge in [-0.05, 0) is 37.0 Å². The fraction of sp³-hybridized carbons (Fsp3) is 0.231. The van der Waals surface area contributed by atoms with E-state index >= 15 is 0 Å². The predicted octanol–water partition coefficient (Wildman–Crippen LogP) is 3.59. The average Bonchev–Trinajstić information content (AvgIpc) is 2.44. The van der Waals surface area contributed by atoms with Crippen molar-refractivity contribution in [3.63, 3.8) is 0 Å². The number of allylic oxidation sites excluding steroid dienone is 4. The maximum absolute atomic E-state index is 2.22. The highest BCUT2D eigenvalue weighted by atomic mass is 14.2. The van der Waals surface area contributed by atoms with E-state index in [0.29, 0.717) is 0 Å². The Bertz CT molecular complexity index is 381. The third-order valence-corrected chi connectivity index (χ3v) is 2.56. The minimum absolute atomic E-state index is 1.12. The molecule has 1 aliphatic carbocycles. The summed E-state index contributed by atoms with van der Waals surface area (Å²) in [6.07, 6.45) is 5.44. The molecule has 0 saturated heterocycles. The second kappa shape index (κ2) is 3.21. The molecule has 0 radical (unpaired) electrons. The van der Waals surface area contributed by atoms with Gasteiger partial charge < -0.3 is 0 Å². The first-order valence-electron chi connectivity index (χ1n) is 4.73. The summed E-state index contributed by atoms with van der Waals surface area (Å²) in [7, 11) is 0. The molecule has 0 aliphatic heterocycles. The second-order valence-corrected chi connectivity index (χ2v) is 3.53. The lowest BCUT2D eigenvalue weighted by Crippen LogP contribution is -1.80. The molecule has 66 valence electrons. The highest BCUT2D eigenvalue weighted by Crippen LogP contribution is 2.32. The van der Waals surface area contributed by atoms with Crippen LogP contribution in [-0.2, 0) is 6.42 Å². The third kappa shape index (κ3) is 1.33. The first kappa shape index (κ1) is 8.31. The molecular formula is C13H14. The number of hydrogen-bond donors (Lipinski definition) is 0. The van der Waals surface area contributed by atoms with Gasteiger partial charge in [-0.3, -0.25) is 0 Å². The van der Waals surface area contributed by atoms with Gasteiger partial charge in [-0.2, -0.15) is 0 Å². The minimum atomic E-state index is 1.12. The van der Waals surface area contributed by atoms with Gasteiger partial charge >= 0.3 is 0 Å². The van der Waals surface area contributed by atoms with Crippen molar-refractivity contribution >= 4 is 5.57 Å². The largest absolute Gasteiger partial charge is 0.0870 e. The summed E-state index contributed by atoms with van der Waals surface area (Å²) in [5, 5.41) is 0. The van der Waals surface area contributed by atoms with Crippen LogP contribution >= 0.6 is 0 Å². The Morgan fingerprint density at radius 3 is 2.77 bits per heavy atom. The summed E-state index contributed by atoms with van der Waals surface area (Å²) < 4.78 is 0. The molecule has 13 heavy (non-hydrogen) atoms. The molecule has 0 nitrogen and oxygen atoms in total. The molecule has 0 saturated carbocycles. The van der Waals surface area contributed by atoms with Crippen LogP contribution in [0.25, 0.3) is 5.57 Å². The van der Waals surface area contributed by atoms with Crippen LogP contribution in [0.15, 0.2) is 42.0 Å². The number of rotatable bonds is 1. The van der Waals surface area contributed by atoms with Crippen molar-refractivity contribution in [2.24, 2.45) is 0 Å². The molecule has 0 unspecified atom stereocenters. The van der Waals surface area contributed by atoms with Crippen LogP contribution in [0.1, 0.15) is 25.0 Å². The van der Waals surface area contributed by atoms with Gasteiger partial charge in [0.05, 0.1) is 0 Å². The molecule has 0 N–H and O–H groups in total. The lowest BCUT2D eigenvalue weighted by molar-refractivity contribution is 1.19. The molecule has 1 aromatic rings. The van der Waals surface area contributed by atoms with Crippen LogP contribution in [-0.4, -0.2) is 0 Å².